The first-order chi connectivity index (χ1) is 9.19. The molecule has 2 atom stereocenters. The molecule has 2 amide bonds. The van der Waals surface area contributed by atoms with Gasteiger partial charge in [-0.05, 0) is 43.9 Å². The molecule has 0 bridgehead atoms. The first-order valence-electron chi connectivity index (χ1n) is 7.85. The van der Waals surface area contributed by atoms with Crippen LogP contribution in [0.2, 0.25) is 0 Å². The van der Waals surface area contributed by atoms with Gasteiger partial charge in [0.1, 0.15) is 0 Å². The van der Waals surface area contributed by atoms with Crippen molar-refractivity contribution in [3.63, 3.8) is 0 Å². The molecule has 0 aromatic heterocycles. The van der Waals surface area contributed by atoms with Crippen molar-refractivity contribution in [1.82, 2.24) is 10.2 Å². The van der Waals surface area contributed by atoms with Gasteiger partial charge in [-0.1, -0.05) is 19.8 Å². The average molecular weight is 268 g/mol. The van der Waals surface area contributed by atoms with E-state index in [0.29, 0.717) is 12.0 Å². The molecule has 0 radical (unpaired) electrons. The first-order valence-corrected chi connectivity index (χ1v) is 7.85. The SMILES string of the molecule is C[C@@H]1CCC[C@@H](NC(=O)N2CCC(CO)CC2)CC1. The Hall–Kier alpha value is -0.770. The normalized spacial score (nSPS) is 29.9. The Balaban J connectivity index is 1.74. The number of hydrogen-bond acceptors (Lipinski definition) is 2. The maximum atomic E-state index is 12.2. The molecule has 110 valence electrons. The van der Waals surface area contributed by atoms with Crippen molar-refractivity contribution in [2.45, 2.75) is 57.9 Å². The van der Waals surface area contributed by atoms with E-state index in [1.165, 1.54) is 19.3 Å². The Morgan fingerprint density at radius 1 is 1.16 bits per heavy atom. The number of nitrogens with one attached hydrogen (secondary N) is 1. The van der Waals surface area contributed by atoms with Crippen molar-refractivity contribution in [2.75, 3.05) is 19.7 Å². The number of aliphatic hydroxyl groups excluding tert-OH is 1. The number of urea groups is 1. The number of carbonyl (C=O) groups excluding carboxylic acids is 1. The van der Waals surface area contributed by atoms with E-state index in [1.54, 1.807) is 0 Å². The van der Waals surface area contributed by atoms with Gasteiger partial charge in [0.2, 0.25) is 0 Å². The number of hydrogen-bond donors (Lipinski definition) is 2. The summed E-state index contributed by atoms with van der Waals surface area (Å²) in [5.74, 6) is 1.20. The second kappa shape index (κ2) is 7.13. The fourth-order valence-electron chi connectivity index (χ4n) is 3.22. The summed E-state index contributed by atoms with van der Waals surface area (Å²) in [6.45, 7) is 4.15. The molecule has 2 N–H and O–H groups in total. The van der Waals surface area contributed by atoms with Gasteiger partial charge in [0.25, 0.3) is 0 Å². The molecule has 2 aliphatic rings. The van der Waals surface area contributed by atoms with Crippen LogP contribution >= 0.6 is 0 Å². The topological polar surface area (TPSA) is 52.6 Å². The molecule has 1 aliphatic heterocycles. The molecule has 0 aromatic rings. The summed E-state index contributed by atoms with van der Waals surface area (Å²) >= 11 is 0. The molecule has 2 rings (SSSR count). The summed E-state index contributed by atoms with van der Waals surface area (Å²) < 4.78 is 0. The van der Waals surface area contributed by atoms with Gasteiger partial charge in [0, 0.05) is 25.7 Å². The summed E-state index contributed by atoms with van der Waals surface area (Å²) in [5, 5.41) is 12.3. The Kier molecular flexibility index (Phi) is 5.49. The Bertz CT molecular complexity index is 288. The number of rotatable bonds is 2. The average Bonchev–Trinajstić information content (AvgIpc) is 2.64. The van der Waals surface area contributed by atoms with E-state index < -0.39 is 0 Å². The molecule has 1 aliphatic carbocycles. The minimum absolute atomic E-state index is 0.107. The quantitative estimate of drug-likeness (QED) is 0.755. The van der Waals surface area contributed by atoms with Crippen LogP contribution in [0.5, 0.6) is 0 Å². The third kappa shape index (κ3) is 4.37. The number of aliphatic hydroxyl groups is 1. The molecule has 0 spiro atoms. The highest BCUT2D eigenvalue weighted by Crippen LogP contribution is 2.23. The van der Waals surface area contributed by atoms with Gasteiger partial charge in [0.15, 0.2) is 0 Å². The number of likely N-dealkylation sites (tertiary alicyclic amines) is 1. The van der Waals surface area contributed by atoms with Crippen LogP contribution in [0.25, 0.3) is 0 Å². The van der Waals surface area contributed by atoms with Gasteiger partial charge >= 0.3 is 6.03 Å². The van der Waals surface area contributed by atoms with E-state index in [2.05, 4.69) is 12.2 Å². The van der Waals surface area contributed by atoms with E-state index in [9.17, 15) is 4.79 Å². The lowest BCUT2D eigenvalue weighted by Gasteiger charge is -2.32. The molecule has 4 heteroatoms. The van der Waals surface area contributed by atoms with Crippen molar-refractivity contribution in [1.29, 1.82) is 0 Å². The second-order valence-electron chi connectivity index (χ2n) is 6.37. The number of carbonyl (C=O) groups is 1. The van der Waals surface area contributed by atoms with E-state index >= 15 is 0 Å². The maximum Gasteiger partial charge on any atom is 0.317 e. The molecule has 1 saturated heterocycles. The molecular weight excluding hydrogens is 240 g/mol. The number of piperidine rings is 1. The molecule has 0 aromatic carbocycles. The van der Waals surface area contributed by atoms with E-state index in [0.717, 1.165) is 44.7 Å². The van der Waals surface area contributed by atoms with Gasteiger partial charge in [-0.3, -0.25) is 0 Å². The summed E-state index contributed by atoms with van der Waals surface area (Å²) in [6.07, 6.45) is 7.89. The summed E-state index contributed by atoms with van der Waals surface area (Å²) in [4.78, 5) is 14.1. The zero-order valence-electron chi connectivity index (χ0n) is 12.1. The van der Waals surface area contributed by atoms with Crippen LogP contribution in [0.3, 0.4) is 0 Å². The van der Waals surface area contributed by atoms with Crippen LogP contribution in [-0.2, 0) is 0 Å². The van der Waals surface area contributed by atoms with Gasteiger partial charge in [-0.25, -0.2) is 4.79 Å². The summed E-state index contributed by atoms with van der Waals surface area (Å²) in [6, 6.07) is 0.476. The highest BCUT2D eigenvalue weighted by molar-refractivity contribution is 5.74. The molecular formula is C15H28N2O2. The van der Waals surface area contributed by atoms with Gasteiger partial charge < -0.3 is 15.3 Å². The first kappa shape index (κ1) is 14.6. The highest BCUT2D eigenvalue weighted by atomic mass is 16.3. The van der Waals surface area contributed by atoms with Crippen molar-refractivity contribution in [3.05, 3.63) is 0 Å². The predicted octanol–water partition coefficient (Wildman–Crippen LogP) is 2.37. The molecule has 2 fully saturated rings. The molecule has 4 nitrogen and oxygen atoms in total. The monoisotopic (exact) mass is 268 g/mol. The van der Waals surface area contributed by atoms with Crippen molar-refractivity contribution >= 4 is 6.03 Å². The fraction of sp³-hybridized carbons (Fsp3) is 0.933. The molecule has 0 unspecified atom stereocenters. The molecule has 1 saturated carbocycles. The summed E-state index contributed by atoms with van der Waals surface area (Å²) in [7, 11) is 0. The van der Waals surface area contributed by atoms with Crippen LogP contribution in [0.1, 0.15) is 51.9 Å². The maximum absolute atomic E-state index is 12.2. The van der Waals surface area contributed by atoms with Crippen molar-refractivity contribution < 1.29 is 9.90 Å². The molecule has 19 heavy (non-hydrogen) atoms. The zero-order valence-corrected chi connectivity index (χ0v) is 12.1. The third-order valence-corrected chi connectivity index (χ3v) is 4.74. The smallest absolute Gasteiger partial charge is 0.317 e. The fourth-order valence-corrected chi connectivity index (χ4v) is 3.22. The third-order valence-electron chi connectivity index (χ3n) is 4.74. The van der Waals surface area contributed by atoms with Crippen molar-refractivity contribution in [2.24, 2.45) is 11.8 Å². The van der Waals surface area contributed by atoms with Gasteiger partial charge in [0.05, 0.1) is 0 Å². The van der Waals surface area contributed by atoms with E-state index in [4.69, 9.17) is 5.11 Å². The number of amides is 2. The van der Waals surface area contributed by atoms with E-state index in [-0.39, 0.29) is 12.6 Å². The number of nitrogens with zero attached hydrogens (tertiary/aromatic N) is 1. The lowest BCUT2D eigenvalue weighted by Crippen LogP contribution is -2.48. The van der Waals surface area contributed by atoms with Crippen LogP contribution < -0.4 is 5.32 Å². The lowest BCUT2D eigenvalue weighted by molar-refractivity contribution is 0.135. The highest BCUT2D eigenvalue weighted by Gasteiger charge is 2.24. The largest absolute Gasteiger partial charge is 0.396 e. The van der Waals surface area contributed by atoms with E-state index in [1.807, 2.05) is 4.90 Å². The van der Waals surface area contributed by atoms with Crippen LogP contribution in [-0.4, -0.2) is 41.8 Å². The predicted molar refractivity (Wildman–Crippen MR) is 76.0 cm³/mol. The van der Waals surface area contributed by atoms with Crippen LogP contribution in [0.4, 0.5) is 4.79 Å². The van der Waals surface area contributed by atoms with Crippen LogP contribution in [0, 0.1) is 11.8 Å². The minimum Gasteiger partial charge on any atom is -0.396 e. The standard InChI is InChI=1S/C15H28N2O2/c1-12-3-2-4-14(6-5-12)16-15(19)17-9-7-13(11-18)8-10-17/h12-14,18H,2-11H2,1H3,(H,16,19)/t12-,14-/m1/s1. The van der Waals surface area contributed by atoms with Crippen molar-refractivity contribution in [3.8, 4) is 0 Å². The second-order valence-corrected chi connectivity index (χ2v) is 6.37. The summed E-state index contributed by atoms with van der Waals surface area (Å²) in [5.41, 5.74) is 0. The molecule has 1 heterocycles. The van der Waals surface area contributed by atoms with Gasteiger partial charge in [-0.2, -0.15) is 0 Å². The Morgan fingerprint density at radius 3 is 2.58 bits per heavy atom. The van der Waals surface area contributed by atoms with Gasteiger partial charge in [-0.15, -0.1) is 0 Å². The Labute approximate surface area is 116 Å². The van der Waals surface area contributed by atoms with Crippen LogP contribution in [0.15, 0.2) is 0 Å². The zero-order chi connectivity index (χ0) is 13.7. The Morgan fingerprint density at radius 2 is 1.89 bits per heavy atom. The lowest BCUT2D eigenvalue weighted by atomic mass is 9.98. The minimum atomic E-state index is 0.107.